The molecule has 0 fully saturated rings. The van der Waals surface area contributed by atoms with Crippen molar-refractivity contribution in [3.05, 3.63) is 24.2 Å². The maximum atomic E-state index is 10.2. The van der Waals surface area contributed by atoms with Gasteiger partial charge in [-0.1, -0.05) is 39.0 Å². The van der Waals surface area contributed by atoms with Gasteiger partial charge in [0.25, 0.3) is 0 Å². The Bertz CT molecular complexity index is 400. The van der Waals surface area contributed by atoms with Crippen LogP contribution in [0.25, 0.3) is 0 Å². The number of nitrogens with two attached hydrogens (primary N) is 1. The third-order valence-electron chi connectivity index (χ3n) is 3.45. The maximum absolute atomic E-state index is 10.2. The third-order valence-corrected chi connectivity index (χ3v) is 3.45. The van der Waals surface area contributed by atoms with Crippen molar-refractivity contribution in [2.24, 2.45) is 10.7 Å². The van der Waals surface area contributed by atoms with Gasteiger partial charge in [-0.15, -0.1) is 0 Å². The van der Waals surface area contributed by atoms with E-state index < -0.39 is 5.60 Å². The van der Waals surface area contributed by atoms with Crippen LogP contribution in [-0.4, -0.2) is 24.2 Å². The minimum Gasteiger partial charge on any atom is -0.466 e. The maximum Gasteiger partial charge on any atom is 0.188 e. The fraction of sp³-hybridized carbons (Fsp3) is 0.688. The Kier molecular flexibility index (Phi) is 7.90. The summed E-state index contributed by atoms with van der Waals surface area (Å²) in [4.78, 5) is 4.17. The highest BCUT2D eigenvalue weighted by atomic mass is 16.4. The minimum atomic E-state index is -1.13. The SMILES string of the molecule is CCCCCCCCNC(N)=NCC(C)(O)c1ccco1. The lowest BCUT2D eigenvalue weighted by atomic mass is 10.0. The van der Waals surface area contributed by atoms with Crippen LogP contribution < -0.4 is 11.1 Å². The molecule has 1 atom stereocenters. The second-order valence-electron chi connectivity index (χ2n) is 5.65. The number of furan rings is 1. The first-order valence-corrected chi connectivity index (χ1v) is 7.86. The fourth-order valence-corrected chi connectivity index (χ4v) is 2.08. The first kappa shape index (κ1) is 17.6. The summed E-state index contributed by atoms with van der Waals surface area (Å²) >= 11 is 0. The molecule has 1 aromatic rings. The number of aliphatic imine (C=N–C) groups is 1. The number of nitrogens with zero attached hydrogens (tertiary/aromatic N) is 1. The molecular formula is C16H29N3O2. The van der Waals surface area contributed by atoms with Crippen LogP contribution in [0.1, 0.15) is 58.1 Å². The molecular weight excluding hydrogens is 266 g/mol. The van der Waals surface area contributed by atoms with E-state index in [1.165, 1.54) is 38.4 Å². The van der Waals surface area contributed by atoms with Crippen LogP contribution in [0.15, 0.2) is 27.8 Å². The van der Waals surface area contributed by atoms with E-state index in [-0.39, 0.29) is 6.54 Å². The summed E-state index contributed by atoms with van der Waals surface area (Å²) in [6.45, 7) is 4.88. The van der Waals surface area contributed by atoms with Gasteiger partial charge >= 0.3 is 0 Å². The quantitative estimate of drug-likeness (QED) is 0.352. The number of nitrogens with one attached hydrogen (secondary N) is 1. The zero-order valence-corrected chi connectivity index (χ0v) is 13.3. The van der Waals surface area contributed by atoms with E-state index in [0.29, 0.717) is 11.7 Å². The molecule has 4 N–H and O–H groups in total. The van der Waals surface area contributed by atoms with Crippen LogP contribution in [0.4, 0.5) is 0 Å². The minimum absolute atomic E-state index is 0.176. The molecule has 1 rings (SSSR count). The van der Waals surface area contributed by atoms with Crippen molar-refractivity contribution >= 4 is 5.96 Å². The molecule has 0 aliphatic rings. The Morgan fingerprint density at radius 3 is 2.71 bits per heavy atom. The first-order valence-electron chi connectivity index (χ1n) is 7.86. The van der Waals surface area contributed by atoms with Crippen molar-refractivity contribution in [3.8, 4) is 0 Å². The molecule has 0 bridgehead atoms. The third kappa shape index (κ3) is 7.18. The van der Waals surface area contributed by atoms with Crippen molar-refractivity contribution in [1.29, 1.82) is 0 Å². The van der Waals surface area contributed by atoms with E-state index in [1.807, 2.05) is 0 Å². The van der Waals surface area contributed by atoms with E-state index in [1.54, 1.807) is 19.1 Å². The molecule has 0 aliphatic carbocycles. The molecule has 1 unspecified atom stereocenters. The van der Waals surface area contributed by atoms with Gasteiger partial charge in [0.2, 0.25) is 0 Å². The molecule has 0 aromatic carbocycles. The zero-order chi connectivity index (χ0) is 15.6. The Morgan fingerprint density at radius 2 is 2.05 bits per heavy atom. The summed E-state index contributed by atoms with van der Waals surface area (Å²) < 4.78 is 5.20. The summed E-state index contributed by atoms with van der Waals surface area (Å²) in [6, 6.07) is 3.48. The van der Waals surface area contributed by atoms with Crippen LogP contribution in [0.5, 0.6) is 0 Å². The van der Waals surface area contributed by atoms with E-state index >= 15 is 0 Å². The fourth-order valence-electron chi connectivity index (χ4n) is 2.08. The Morgan fingerprint density at radius 1 is 1.33 bits per heavy atom. The van der Waals surface area contributed by atoms with Crippen molar-refractivity contribution in [2.45, 2.75) is 58.0 Å². The van der Waals surface area contributed by atoms with Gasteiger partial charge in [-0.3, -0.25) is 0 Å². The van der Waals surface area contributed by atoms with Gasteiger partial charge in [0.1, 0.15) is 11.4 Å². The number of hydrogen-bond donors (Lipinski definition) is 3. The Balaban J connectivity index is 2.18. The average Bonchev–Trinajstić information content (AvgIpc) is 2.99. The van der Waals surface area contributed by atoms with Crippen LogP contribution >= 0.6 is 0 Å². The largest absolute Gasteiger partial charge is 0.466 e. The normalized spacial score (nSPS) is 14.9. The monoisotopic (exact) mass is 295 g/mol. The molecule has 1 heterocycles. The Labute approximate surface area is 127 Å². The molecule has 0 aliphatic heterocycles. The van der Waals surface area contributed by atoms with E-state index in [0.717, 1.165) is 13.0 Å². The van der Waals surface area contributed by atoms with Crippen LogP contribution in [0, 0.1) is 0 Å². The number of rotatable bonds is 10. The number of unbranched alkanes of at least 4 members (excludes halogenated alkanes) is 5. The van der Waals surface area contributed by atoms with Gasteiger partial charge < -0.3 is 20.6 Å². The number of aliphatic hydroxyl groups is 1. The highest BCUT2D eigenvalue weighted by molar-refractivity contribution is 5.77. The summed E-state index contributed by atoms with van der Waals surface area (Å²) in [5.41, 5.74) is 4.66. The molecule has 120 valence electrons. The van der Waals surface area contributed by atoms with Gasteiger partial charge in [-0.05, 0) is 25.5 Å². The average molecular weight is 295 g/mol. The zero-order valence-electron chi connectivity index (χ0n) is 13.3. The predicted octanol–water partition coefficient (Wildman–Crippen LogP) is 2.75. The van der Waals surface area contributed by atoms with Crippen molar-refractivity contribution in [3.63, 3.8) is 0 Å². The van der Waals surface area contributed by atoms with E-state index in [4.69, 9.17) is 10.2 Å². The summed E-state index contributed by atoms with van der Waals surface area (Å²) in [7, 11) is 0. The smallest absolute Gasteiger partial charge is 0.188 e. The topological polar surface area (TPSA) is 83.8 Å². The van der Waals surface area contributed by atoms with E-state index in [9.17, 15) is 5.11 Å². The summed E-state index contributed by atoms with van der Waals surface area (Å²) in [5, 5.41) is 13.3. The van der Waals surface area contributed by atoms with Crippen molar-refractivity contribution in [2.75, 3.05) is 13.1 Å². The molecule has 0 saturated carbocycles. The number of hydrogen-bond acceptors (Lipinski definition) is 3. The molecule has 0 radical (unpaired) electrons. The highest BCUT2D eigenvalue weighted by Crippen LogP contribution is 2.20. The van der Waals surface area contributed by atoms with Crippen LogP contribution in [0.2, 0.25) is 0 Å². The standard InChI is InChI=1S/C16H29N3O2/c1-3-4-5-6-7-8-11-18-15(17)19-13-16(2,20)14-10-9-12-21-14/h9-10,12,20H,3-8,11,13H2,1-2H3,(H3,17,18,19). The van der Waals surface area contributed by atoms with E-state index in [2.05, 4.69) is 17.2 Å². The summed E-state index contributed by atoms with van der Waals surface area (Å²) in [5.74, 6) is 0.866. The van der Waals surface area contributed by atoms with Gasteiger partial charge in [-0.25, -0.2) is 4.99 Å². The lowest BCUT2D eigenvalue weighted by Crippen LogP contribution is -2.34. The second kappa shape index (κ2) is 9.45. The lowest BCUT2D eigenvalue weighted by Gasteiger charge is -2.18. The summed E-state index contributed by atoms with van der Waals surface area (Å²) in [6.07, 6.45) is 9.02. The predicted molar refractivity (Wildman–Crippen MR) is 86.1 cm³/mol. The molecule has 0 saturated heterocycles. The Hall–Kier alpha value is -1.49. The van der Waals surface area contributed by atoms with Crippen LogP contribution in [-0.2, 0) is 5.60 Å². The lowest BCUT2D eigenvalue weighted by molar-refractivity contribution is 0.0437. The van der Waals surface area contributed by atoms with Crippen LogP contribution in [0.3, 0.4) is 0 Å². The molecule has 5 nitrogen and oxygen atoms in total. The molecule has 5 heteroatoms. The second-order valence-corrected chi connectivity index (χ2v) is 5.65. The van der Waals surface area contributed by atoms with Gasteiger partial charge in [0.15, 0.2) is 5.96 Å². The highest BCUT2D eigenvalue weighted by Gasteiger charge is 2.25. The van der Waals surface area contributed by atoms with Gasteiger partial charge in [-0.2, -0.15) is 0 Å². The molecule has 0 spiro atoms. The van der Waals surface area contributed by atoms with Crippen molar-refractivity contribution in [1.82, 2.24) is 5.32 Å². The van der Waals surface area contributed by atoms with Crippen molar-refractivity contribution < 1.29 is 9.52 Å². The number of guanidine groups is 1. The molecule has 21 heavy (non-hydrogen) atoms. The van der Waals surface area contributed by atoms with Gasteiger partial charge in [0.05, 0.1) is 12.8 Å². The first-order chi connectivity index (χ1) is 10.1. The molecule has 1 aromatic heterocycles. The van der Waals surface area contributed by atoms with Gasteiger partial charge in [0, 0.05) is 6.54 Å². The molecule has 0 amide bonds.